The molecule has 2 N–H and O–H groups in total. The monoisotopic (exact) mass is 371 g/mol. The van der Waals surface area contributed by atoms with Gasteiger partial charge in [0.25, 0.3) is 0 Å². The number of fused-ring (bicyclic) bond motifs is 2. The molecule has 0 spiro atoms. The standard InChI is InChI=1S/C19H33N3O2.ClH/c1-2-3-8-20-19(24)15-5-4-9-22(13-15)18(23)12-14-10-16-6-7-17(11-14)21-16;/h14-17,21H,2-13H2,1H3,(H,20,24);1H. The number of rotatable bonds is 6. The molecule has 5 nitrogen and oxygen atoms in total. The summed E-state index contributed by atoms with van der Waals surface area (Å²) < 4.78 is 0. The van der Waals surface area contributed by atoms with Gasteiger partial charge in [-0.1, -0.05) is 13.3 Å². The van der Waals surface area contributed by atoms with Crippen LogP contribution in [0.5, 0.6) is 0 Å². The largest absolute Gasteiger partial charge is 0.356 e. The molecule has 3 rings (SSSR count). The van der Waals surface area contributed by atoms with Gasteiger partial charge in [0.15, 0.2) is 0 Å². The molecule has 25 heavy (non-hydrogen) atoms. The predicted octanol–water partition coefficient (Wildman–Crippen LogP) is 2.48. The highest BCUT2D eigenvalue weighted by atomic mass is 35.5. The Morgan fingerprint density at radius 3 is 2.56 bits per heavy atom. The van der Waals surface area contributed by atoms with E-state index in [-0.39, 0.29) is 30.1 Å². The van der Waals surface area contributed by atoms with Crippen LogP contribution in [0, 0.1) is 11.8 Å². The van der Waals surface area contributed by atoms with Crippen LogP contribution < -0.4 is 10.6 Å². The van der Waals surface area contributed by atoms with Crippen molar-refractivity contribution in [2.45, 2.75) is 76.8 Å². The third kappa shape index (κ3) is 5.58. The minimum Gasteiger partial charge on any atom is -0.356 e. The minimum absolute atomic E-state index is 0. The number of hydrogen-bond donors (Lipinski definition) is 2. The number of carbonyl (C=O) groups is 2. The minimum atomic E-state index is -0.0104. The van der Waals surface area contributed by atoms with Crippen molar-refractivity contribution in [1.29, 1.82) is 0 Å². The number of halogens is 1. The Balaban J connectivity index is 0.00000225. The molecule has 0 aliphatic carbocycles. The number of unbranched alkanes of at least 4 members (excludes halogenated alkanes) is 1. The average molecular weight is 372 g/mol. The van der Waals surface area contributed by atoms with E-state index in [4.69, 9.17) is 0 Å². The molecule has 0 radical (unpaired) electrons. The first kappa shape index (κ1) is 20.5. The lowest BCUT2D eigenvalue weighted by Gasteiger charge is -2.34. The smallest absolute Gasteiger partial charge is 0.224 e. The molecule has 0 saturated carbocycles. The van der Waals surface area contributed by atoms with E-state index in [0.29, 0.717) is 31.0 Å². The van der Waals surface area contributed by atoms with Crippen molar-refractivity contribution in [3.8, 4) is 0 Å². The second-order valence-corrected chi connectivity index (χ2v) is 8.00. The predicted molar refractivity (Wildman–Crippen MR) is 102 cm³/mol. The van der Waals surface area contributed by atoms with Gasteiger partial charge in [-0.15, -0.1) is 12.4 Å². The summed E-state index contributed by atoms with van der Waals surface area (Å²) in [5.41, 5.74) is 0. The van der Waals surface area contributed by atoms with E-state index in [1.165, 1.54) is 12.8 Å². The summed E-state index contributed by atoms with van der Waals surface area (Å²) in [6.07, 6.45) is 9.52. The van der Waals surface area contributed by atoms with Gasteiger partial charge in [-0.25, -0.2) is 0 Å². The Kier molecular flexibility index (Phi) is 8.01. The van der Waals surface area contributed by atoms with Crippen molar-refractivity contribution in [2.75, 3.05) is 19.6 Å². The zero-order chi connectivity index (χ0) is 16.9. The summed E-state index contributed by atoms with van der Waals surface area (Å²) >= 11 is 0. The fourth-order valence-corrected chi connectivity index (χ4v) is 4.67. The summed E-state index contributed by atoms with van der Waals surface area (Å²) in [4.78, 5) is 26.9. The van der Waals surface area contributed by atoms with Gasteiger partial charge < -0.3 is 15.5 Å². The Labute approximate surface area is 158 Å². The summed E-state index contributed by atoms with van der Waals surface area (Å²) in [5.74, 6) is 0.937. The van der Waals surface area contributed by atoms with Crippen LogP contribution in [0.15, 0.2) is 0 Å². The molecule has 3 atom stereocenters. The van der Waals surface area contributed by atoms with Gasteiger partial charge in [-0.2, -0.15) is 0 Å². The van der Waals surface area contributed by atoms with Crippen LogP contribution in [0.25, 0.3) is 0 Å². The second kappa shape index (κ2) is 9.77. The molecule has 3 fully saturated rings. The topological polar surface area (TPSA) is 61.4 Å². The zero-order valence-corrected chi connectivity index (χ0v) is 16.3. The SMILES string of the molecule is CCCCNC(=O)C1CCCN(C(=O)CC2CC3CCC(C2)N3)C1.Cl. The Morgan fingerprint density at radius 1 is 1.16 bits per heavy atom. The van der Waals surface area contributed by atoms with E-state index >= 15 is 0 Å². The van der Waals surface area contributed by atoms with Crippen LogP contribution in [-0.2, 0) is 9.59 Å². The summed E-state index contributed by atoms with van der Waals surface area (Å²) in [6.45, 7) is 4.34. The Morgan fingerprint density at radius 2 is 1.88 bits per heavy atom. The van der Waals surface area contributed by atoms with Gasteiger partial charge in [-0.3, -0.25) is 9.59 Å². The molecule has 6 heteroatoms. The first-order chi connectivity index (χ1) is 11.7. The van der Waals surface area contributed by atoms with Gasteiger partial charge in [-0.05, 0) is 50.9 Å². The lowest BCUT2D eigenvalue weighted by molar-refractivity contribution is -0.136. The number of piperidine rings is 2. The van der Waals surface area contributed by atoms with Gasteiger partial charge in [0.2, 0.25) is 11.8 Å². The van der Waals surface area contributed by atoms with E-state index in [0.717, 1.165) is 51.6 Å². The first-order valence-electron chi connectivity index (χ1n) is 9.97. The maximum absolute atomic E-state index is 12.7. The average Bonchev–Trinajstić information content (AvgIpc) is 2.93. The van der Waals surface area contributed by atoms with Crippen LogP contribution >= 0.6 is 12.4 Å². The molecular weight excluding hydrogens is 338 g/mol. The molecule has 2 amide bonds. The molecule has 3 aliphatic heterocycles. The highest BCUT2D eigenvalue weighted by Crippen LogP contribution is 2.33. The molecule has 3 aliphatic rings. The van der Waals surface area contributed by atoms with E-state index in [1.54, 1.807) is 0 Å². The molecule has 3 unspecified atom stereocenters. The van der Waals surface area contributed by atoms with E-state index in [9.17, 15) is 9.59 Å². The highest BCUT2D eigenvalue weighted by Gasteiger charge is 2.35. The number of carbonyl (C=O) groups excluding carboxylic acids is 2. The van der Waals surface area contributed by atoms with Gasteiger partial charge in [0, 0.05) is 38.1 Å². The molecule has 0 aromatic heterocycles. The van der Waals surface area contributed by atoms with Crippen molar-refractivity contribution >= 4 is 24.2 Å². The molecule has 3 heterocycles. The second-order valence-electron chi connectivity index (χ2n) is 8.00. The van der Waals surface area contributed by atoms with Crippen LogP contribution in [-0.4, -0.2) is 48.4 Å². The van der Waals surface area contributed by atoms with Crippen LogP contribution in [0.3, 0.4) is 0 Å². The maximum Gasteiger partial charge on any atom is 0.224 e. The fraction of sp³-hybridized carbons (Fsp3) is 0.895. The van der Waals surface area contributed by atoms with Gasteiger partial charge >= 0.3 is 0 Å². The van der Waals surface area contributed by atoms with E-state index < -0.39 is 0 Å². The molecular formula is C19H34ClN3O2. The van der Waals surface area contributed by atoms with E-state index in [1.807, 2.05) is 4.90 Å². The Bertz CT molecular complexity index is 448. The fourth-order valence-electron chi connectivity index (χ4n) is 4.67. The molecule has 2 bridgehead atoms. The van der Waals surface area contributed by atoms with Crippen molar-refractivity contribution in [2.24, 2.45) is 11.8 Å². The van der Waals surface area contributed by atoms with Crippen molar-refractivity contribution < 1.29 is 9.59 Å². The number of nitrogens with zero attached hydrogens (tertiary/aromatic N) is 1. The van der Waals surface area contributed by atoms with Crippen molar-refractivity contribution in [3.05, 3.63) is 0 Å². The van der Waals surface area contributed by atoms with Crippen molar-refractivity contribution in [1.82, 2.24) is 15.5 Å². The number of amides is 2. The lowest BCUT2D eigenvalue weighted by atomic mass is 9.88. The van der Waals surface area contributed by atoms with Crippen LogP contribution in [0.2, 0.25) is 0 Å². The van der Waals surface area contributed by atoms with Crippen LogP contribution in [0.4, 0.5) is 0 Å². The van der Waals surface area contributed by atoms with Gasteiger partial charge in [0.1, 0.15) is 0 Å². The van der Waals surface area contributed by atoms with Crippen molar-refractivity contribution in [3.63, 3.8) is 0 Å². The maximum atomic E-state index is 12.7. The third-order valence-corrected chi connectivity index (χ3v) is 6.01. The lowest BCUT2D eigenvalue weighted by Crippen LogP contribution is -2.46. The third-order valence-electron chi connectivity index (χ3n) is 6.01. The van der Waals surface area contributed by atoms with E-state index in [2.05, 4.69) is 17.6 Å². The molecule has 3 saturated heterocycles. The number of nitrogens with one attached hydrogen (secondary N) is 2. The molecule has 0 aromatic carbocycles. The first-order valence-corrected chi connectivity index (χ1v) is 9.97. The zero-order valence-electron chi connectivity index (χ0n) is 15.5. The normalized spacial score (nSPS) is 31.3. The molecule has 0 aromatic rings. The molecule has 144 valence electrons. The summed E-state index contributed by atoms with van der Waals surface area (Å²) in [5, 5.41) is 6.67. The number of hydrogen-bond acceptors (Lipinski definition) is 3. The summed E-state index contributed by atoms with van der Waals surface area (Å²) in [6, 6.07) is 1.28. The van der Waals surface area contributed by atoms with Gasteiger partial charge in [0.05, 0.1) is 5.92 Å². The summed E-state index contributed by atoms with van der Waals surface area (Å²) in [7, 11) is 0. The Hall–Kier alpha value is -0.810. The highest BCUT2D eigenvalue weighted by molar-refractivity contribution is 5.85. The number of likely N-dealkylation sites (tertiary alicyclic amines) is 1. The van der Waals surface area contributed by atoms with Crippen LogP contribution in [0.1, 0.15) is 64.7 Å². The quantitative estimate of drug-likeness (QED) is 0.705.